The van der Waals surface area contributed by atoms with E-state index in [9.17, 15) is 4.79 Å². The Balaban J connectivity index is 2.13. The first-order valence-electron chi connectivity index (χ1n) is 7.12. The molecule has 0 atom stereocenters. The van der Waals surface area contributed by atoms with Gasteiger partial charge < -0.3 is 14.8 Å². The molecule has 0 bridgehead atoms. The number of methoxy groups -OCH3 is 2. The van der Waals surface area contributed by atoms with Gasteiger partial charge >= 0.3 is 0 Å². The first-order valence-corrected chi connectivity index (χ1v) is 7.12. The minimum Gasteiger partial charge on any atom is -0.496 e. The van der Waals surface area contributed by atoms with Crippen molar-refractivity contribution in [3.8, 4) is 11.5 Å². The van der Waals surface area contributed by atoms with Crippen molar-refractivity contribution in [2.24, 2.45) is 0 Å². The first-order chi connectivity index (χ1) is 10.6. The Morgan fingerprint density at radius 1 is 1.00 bits per heavy atom. The van der Waals surface area contributed by atoms with Gasteiger partial charge in [0.1, 0.15) is 11.5 Å². The van der Waals surface area contributed by atoms with Crippen LogP contribution in [0.2, 0.25) is 0 Å². The summed E-state index contributed by atoms with van der Waals surface area (Å²) in [5.41, 5.74) is 3.74. The summed E-state index contributed by atoms with van der Waals surface area (Å²) < 4.78 is 10.5. The van der Waals surface area contributed by atoms with Gasteiger partial charge in [0.25, 0.3) is 5.91 Å². The molecule has 116 valence electrons. The lowest BCUT2D eigenvalue weighted by molar-refractivity contribution is 0.0948. The molecule has 1 amide bonds. The molecular weight excluding hydrogens is 278 g/mol. The summed E-state index contributed by atoms with van der Waals surface area (Å²) >= 11 is 0. The van der Waals surface area contributed by atoms with E-state index in [4.69, 9.17) is 9.47 Å². The van der Waals surface area contributed by atoms with Crippen LogP contribution in [-0.4, -0.2) is 20.1 Å². The molecule has 1 N–H and O–H groups in total. The van der Waals surface area contributed by atoms with Crippen LogP contribution in [0.4, 0.5) is 0 Å². The van der Waals surface area contributed by atoms with Crippen LogP contribution in [0, 0.1) is 13.8 Å². The SMILES string of the molecule is COc1cc(C)c(CNC(=O)c2ccccc2OC)cc1C. The Labute approximate surface area is 131 Å². The summed E-state index contributed by atoms with van der Waals surface area (Å²) in [6, 6.07) is 11.2. The number of carbonyl (C=O) groups is 1. The zero-order valence-corrected chi connectivity index (χ0v) is 13.4. The maximum Gasteiger partial charge on any atom is 0.255 e. The van der Waals surface area contributed by atoms with Gasteiger partial charge in [-0.1, -0.05) is 18.2 Å². The molecule has 2 aromatic carbocycles. The van der Waals surface area contributed by atoms with Crippen LogP contribution in [0.15, 0.2) is 36.4 Å². The lowest BCUT2D eigenvalue weighted by atomic mass is 10.0. The summed E-state index contributed by atoms with van der Waals surface area (Å²) in [5.74, 6) is 1.28. The van der Waals surface area contributed by atoms with Gasteiger partial charge in [-0.15, -0.1) is 0 Å². The number of benzene rings is 2. The van der Waals surface area contributed by atoms with E-state index in [0.717, 1.165) is 22.4 Å². The Morgan fingerprint density at radius 2 is 1.68 bits per heavy atom. The highest BCUT2D eigenvalue weighted by Crippen LogP contribution is 2.23. The lowest BCUT2D eigenvalue weighted by Gasteiger charge is -2.13. The van der Waals surface area contributed by atoms with Crippen molar-refractivity contribution in [1.82, 2.24) is 5.32 Å². The number of para-hydroxylation sites is 1. The fraction of sp³-hybridized carbons (Fsp3) is 0.278. The second-order valence-electron chi connectivity index (χ2n) is 5.13. The van der Waals surface area contributed by atoms with Crippen LogP contribution in [0.1, 0.15) is 27.0 Å². The number of aryl methyl sites for hydroxylation is 2. The summed E-state index contributed by atoms with van der Waals surface area (Å²) in [6.07, 6.45) is 0. The van der Waals surface area contributed by atoms with Crippen LogP contribution < -0.4 is 14.8 Å². The summed E-state index contributed by atoms with van der Waals surface area (Å²) in [4.78, 5) is 12.3. The molecule has 0 radical (unpaired) electrons. The Bertz CT molecular complexity index is 680. The summed E-state index contributed by atoms with van der Waals surface area (Å²) in [5, 5.41) is 2.94. The van der Waals surface area contributed by atoms with Gasteiger partial charge in [0, 0.05) is 6.54 Å². The smallest absolute Gasteiger partial charge is 0.255 e. The number of amides is 1. The number of hydrogen-bond donors (Lipinski definition) is 1. The van der Waals surface area contributed by atoms with E-state index in [1.165, 1.54) is 0 Å². The van der Waals surface area contributed by atoms with E-state index in [-0.39, 0.29) is 5.91 Å². The third-order valence-electron chi connectivity index (χ3n) is 3.64. The third-order valence-corrected chi connectivity index (χ3v) is 3.64. The third kappa shape index (κ3) is 3.39. The topological polar surface area (TPSA) is 47.6 Å². The zero-order valence-electron chi connectivity index (χ0n) is 13.4. The fourth-order valence-corrected chi connectivity index (χ4v) is 2.36. The van der Waals surface area contributed by atoms with Crippen molar-refractivity contribution >= 4 is 5.91 Å². The van der Waals surface area contributed by atoms with Crippen LogP contribution in [0.25, 0.3) is 0 Å². The number of hydrogen-bond acceptors (Lipinski definition) is 3. The summed E-state index contributed by atoms with van der Waals surface area (Å²) in [6.45, 7) is 4.46. The van der Waals surface area contributed by atoms with Gasteiger partial charge in [-0.3, -0.25) is 4.79 Å². The molecular formula is C18H21NO3. The van der Waals surface area contributed by atoms with E-state index in [2.05, 4.69) is 5.32 Å². The van der Waals surface area contributed by atoms with Crippen LogP contribution >= 0.6 is 0 Å². The second kappa shape index (κ2) is 6.98. The van der Waals surface area contributed by atoms with Crippen LogP contribution in [-0.2, 0) is 6.54 Å². The van der Waals surface area contributed by atoms with Crippen molar-refractivity contribution in [3.05, 3.63) is 58.7 Å². The molecule has 4 heteroatoms. The van der Waals surface area contributed by atoms with Crippen molar-refractivity contribution in [1.29, 1.82) is 0 Å². The molecule has 0 fully saturated rings. The van der Waals surface area contributed by atoms with Gasteiger partial charge in [-0.2, -0.15) is 0 Å². The average molecular weight is 299 g/mol. The molecule has 0 unspecified atom stereocenters. The number of rotatable bonds is 5. The molecule has 0 heterocycles. The Kier molecular flexibility index (Phi) is 5.04. The summed E-state index contributed by atoms with van der Waals surface area (Å²) in [7, 11) is 3.22. The largest absolute Gasteiger partial charge is 0.496 e. The standard InChI is InChI=1S/C18H21NO3/c1-12-10-17(22-4)13(2)9-14(12)11-19-18(20)15-7-5-6-8-16(15)21-3/h5-10H,11H2,1-4H3,(H,19,20). The molecule has 0 saturated heterocycles. The fourth-order valence-electron chi connectivity index (χ4n) is 2.36. The monoisotopic (exact) mass is 299 g/mol. The Morgan fingerprint density at radius 3 is 2.36 bits per heavy atom. The maximum absolute atomic E-state index is 12.3. The van der Waals surface area contributed by atoms with E-state index in [1.807, 2.05) is 38.1 Å². The molecule has 0 aliphatic rings. The first kappa shape index (κ1) is 15.9. The average Bonchev–Trinajstić information content (AvgIpc) is 2.54. The number of ether oxygens (including phenoxy) is 2. The van der Waals surface area contributed by atoms with Gasteiger partial charge in [0.05, 0.1) is 19.8 Å². The van der Waals surface area contributed by atoms with E-state index >= 15 is 0 Å². The van der Waals surface area contributed by atoms with Gasteiger partial charge in [0.2, 0.25) is 0 Å². The van der Waals surface area contributed by atoms with Gasteiger partial charge in [-0.05, 0) is 48.7 Å². The lowest BCUT2D eigenvalue weighted by Crippen LogP contribution is -2.23. The molecule has 22 heavy (non-hydrogen) atoms. The van der Waals surface area contributed by atoms with Crippen LogP contribution in [0.5, 0.6) is 11.5 Å². The molecule has 0 aliphatic carbocycles. The van der Waals surface area contributed by atoms with E-state index in [1.54, 1.807) is 26.4 Å². The molecule has 4 nitrogen and oxygen atoms in total. The zero-order chi connectivity index (χ0) is 16.1. The molecule has 0 aliphatic heterocycles. The molecule has 2 rings (SSSR count). The highest BCUT2D eigenvalue weighted by Gasteiger charge is 2.12. The quantitative estimate of drug-likeness (QED) is 0.922. The predicted octanol–water partition coefficient (Wildman–Crippen LogP) is 3.25. The molecule has 0 spiro atoms. The minimum atomic E-state index is -0.148. The van der Waals surface area contributed by atoms with Crippen LogP contribution in [0.3, 0.4) is 0 Å². The molecule has 2 aromatic rings. The van der Waals surface area contributed by atoms with E-state index < -0.39 is 0 Å². The predicted molar refractivity (Wildman–Crippen MR) is 86.6 cm³/mol. The van der Waals surface area contributed by atoms with Crippen molar-refractivity contribution in [2.75, 3.05) is 14.2 Å². The second-order valence-corrected chi connectivity index (χ2v) is 5.13. The van der Waals surface area contributed by atoms with Gasteiger partial charge in [-0.25, -0.2) is 0 Å². The van der Waals surface area contributed by atoms with Crippen molar-refractivity contribution in [2.45, 2.75) is 20.4 Å². The highest BCUT2D eigenvalue weighted by atomic mass is 16.5. The highest BCUT2D eigenvalue weighted by molar-refractivity contribution is 5.96. The molecule has 0 aromatic heterocycles. The number of nitrogens with one attached hydrogen (secondary N) is 1. The van der Waals surface area contributed by atoms with E-state index in [0.29, 0.717) is 17.9 Å². The Hall–Kier alpha value is -2.49. The van der Waals surface area contributed by atoms with Gasteiger partial charge in [0.15, 0.2) is 0 Å². The normalized spacial score (nSPS) is 10.2. The molecule has 0 saturated carbocycles. The number of carbonyl (C=O) groups excluding carboxylic acids is 1. The minimum absolute atomic E-state index is 0.148. The van der Waals surface area contributed by atoms with Crippen molar-refractivity contribution < 1.29 is 14.3 Å². The van der Waals surface area contributed by atoms with Crippen molar-refractivity contribution in [3.63, 3.8) is 0 Å². The maximum atomic E-state index is 12.3.